The molecule has 1 fully saturated rings. The quantitative estimate of drug-likeness (QED) is 0.896. The predicted octanol–water partition coefficient (Wildman–Crippen LogP) is 3.32. The lowest BCUT2D eigenvalue weighted by Gasteiger charge is -2.26. The van der Waals surface area contributed by atoms with Crippen molar-refractivity contribution >= 4 is 21.6 Å². The summed E-state index contributed by atoms with van der Waals surface area (Å²) in [7, 11) is 0. The zero-order valence-corrected chi connectivity index (χ0v) is 11.2. The van der Waals surface area contributed by atoms with E-state index in [0.717, 1.165) is 23.0 Å². The molecule has 0 radical (unpaired) electrons. The maximum Gasteiger partial charge on any atom is 0.0702 e. The Morgan fingerprint density at radius 3 is 2.75 bits per heavy atom. The minimum Gasteiger partial charge on any atom is -0.392 e. The summed E-state index contributed by atoms with van der Waals surface area (Å²) in [4.78, 5) is 2.44. The van der Waals surface area contributed by atoms with Gasteiger partial charge in [0.25, 0.3) is 0 Å². The van der Waals surface area contributed by atoms with Gasteiger partial charge in [0, 0.05) is 28.3 Å². The van der Waals surface area contributed by atoms with E-state index < -0.39 is 0 Å². The number of benzene rings is 1. The van der Waals surface area contributed by atoms with E-state index in [1.807, 2.05) is 6.07 Å². The second-order valence-electron chi connectivity index (χ2n) is 4.36. The van der Waals surface area contributed by atoms with Crippen molar-refractivity contribution in [2.45, 2.75) is 38.8 Å². The van der Waals surface area contributed by atoms with Crippen LogP contribution in [0.2, 0.25) is 0 Å². The van der Waals surface area contributed by atoms with E-state index in [2.05, 4.69) is 39.9 Å². The van der Waals surface area contributed by atoms with Gasteiger partial charge in [-0.15, -0.1) is 0 Å². The molecular formula is C13H18BrNO. The molecule has 0 amide bonds. The fraction of sp³-hybridized carbons (Fsp3) is 0.538. The van der Waals surface area contributed by atoms with Crippen LogP contribution in [0.15, 0.2) is 22.7 Å². The van der Waals surface area contributed by atoms with Crippen molar-refractivity contribution < 1.29 is 5.11 Å². The van der Waals surface area contributed by atoms with Crippen LogP contribution >= 0.6 is 15.9 Å². The van der Waals surface area contributed by atoms with E-state index in [-0.39, 0.29) is 6.61 Å². The normalized spacial score (nSPS) is 15.2. The maximum atomic E-state index is 9.41. The van der Waals surface area contributed by atoms with Crippen LogP contribution in [0.25, 0.3) is 0 Å². The molecule has 3 heteroatoms. The van der Waals surface area contributed by atoms with Crippen LogP contribution in [0.3, 0.4) is 0 Å². The average molecular weight is 284 g/mol. The number of aliphatic hydroxyl groups is 1. The average Bonchev–Trinajstić information content (AvgIpc) is 3.10. The molecule has 1 aliphatic carbocycles. The highest BCUT2D eigenvalue weighted by molar-refractivity contribution is 9.10. The topological polar surface area (TPSA) is 23.5 Å². The molecule has 0 heterocycles. The number of halogens is 1. The molecule has 0 atom stereocenters. The van der Waals surface area contributed by atoms with E-state index >= 15 is 0 Å². The summed E-state index contributed by atoms with van der Waals surface area (Å²) in [6, 6.07) is 6.88. The van der Waals surface area contributed by atoms with E-state index in [4.69, 9.17) is 0 Å². The largest absolute Gasteiger partial charge is 0.392 e. The third-order valence-electron chi connectivity index (χ3n) is 2.97. The summed E-state index contributed by atoms with van der Waals surface area (Å²) < 4.78 is 1.03. The van der Waals surface area contributed by atoms with Gasteiger partial charge in [-0.3, -0.25) is 0 Å². The van der Waals surface area contributed by atoms with Crippen LogP contribution in [-0.2, 0) is 6.61 Å². The van der Waals surface area contributed by atoms with Crippen molar-refractivity contribution in [2.24, 2.45) is 0 Å². The highest BCUT2D eigenvalue weighted by atomic mass is 79.9. The molecule has 1 saturated carbocycles. The minimum atomic E-state index is 0.113. The van der Waals surface area contributed by atoms with Crippen LogP contribution < -0.4 is 4.90 Å². The van der Waals surface area contributed by atoms with Gasteiger partial charge < -0.3 is 10.0 Å². The molecule has 2 nitrogen and oxygen atoms in total. The standard InChI is InChI=1S/C13H18BrNO/c1-2-7-15(12-4-5-12)13-6-3-11(14)8-10(13)9-16/h3,6,8,12,16H,2,4-5,7,9H2,1H3. The molecule has 0 spiro atoms. The first-order valence-electron chi connectivity index (χ1n) is 5.92. The second kappa shape index (κ2) is 5.19. The Morgan fingerprint density at radius 2 is 2.19 bits per heavy atom. The summed E-state index contributed by atoms with van der Waals surface area (Å²) in [6.45, 7) is 3.40. The highest BCUT2D eigenvalue weighted by Gasteiger charge is 2.29. The second-order valence-corrected chi connectivity index (χ2v) is 5.27. The van der Waals surface area contributed by atoms with E-state index in [1.54, 1.807) is 0 Å². The van der Waals surface area contributed by atoms with Crippen molar-refractivity contribution in [1.29, 1.82) is 0 Å². The molecular weight excluding hydrogens is 266 g/mol. The van der Waals surface area contributed by atoms with Crippen LogP contribution in [-0.4, -0.2) is 17.7 Å². The summed E-state index contributed by atoms with van der Waals surface area (Å²) >= 11 is 3.45. The Bertz CT molecular complexity index is 363. The molecule has 0 saturated heterocycles. The fourth-order valence-electron chi connectivity index (χ4n) is 2.09. The number of hydrogen-bond donors (Lipinski definition) is 1. The predicted molar refractivity (Wildman–Crippen MR) is 70.7 cm³/mol. The van der Waals surface area contributed by atoms with Crippen molar-refractivity contribution in [3.8, 4) is 0 Å². The third-order valence-corrected chi connectivity index (χ3v) is 3.47. The minimum absolute atomic E-state index is 0.113. The maximum absolute atomic E-state index is 9.41. The Balaban J connectivity index is 2.28. The number of aliphatic hydroxyl groups excluding tert-OH is 1. The molecule has 2 rings (SSSR count). The van der Waals surface area contributed by atoms with Crippen LogP contribution in [0.1, 0.15) is 31.7 Å². The van der Waals surface area contributed by atoms with E-state index in [9.17, 15) is 5.11 Å². The molecule has 88 valence electrons. The molecule has 1 aromatic rings. The van der Waals surface area contributed by atoms with Gasteiger partial charge in [-0.2, -0.15) is 0 Å². The van der Waals surface area contributed by atoms with Gasteiger partial charge in [0.15, 0.2) is 0 Å². The van der Waals surface area contributed by atoms with Crippen LogP contribution in [0.4, 0.5) is 5.69 Å². The molecule has 1 aromatic carbocycles. The van der Waals surface area contributed by atoms with Crippen molar-refractivity contribution in [2.75, 3.05) is 11.4 Å². The Hall–Kier alpha value is -0.540. The smallest absolute Gasteiger partial charge is 0.0702 e. The van der Waals surface area contributed by atoms with Crippen molar-refractivity contribution in [3.63, 3.8) is 0 Å². The van der Waals surface area contributed by atoms with Gasteiger partial charge in [-0.05, 0) is 37.5 Å². The van der Waals surface area contributed by atoms with Gasteiger partial charge in [-0.25, -0.2) is 0 Å². The lowest BCUT2D eigenvalue weighted by atomic mass is 10.1. The van der Waals surface area contributed by atoms with Gasteiger partial charge >= 0.3 is 0 Å². The van der Waals surface area contributed by atoms with Crippen molar-refractivity contribution in [3.05, 3.63) is 28.2 Å². The molecule has 16 heavy (non-hydrogen) atoms. The number of rotatable bonds is 5. The summed E-state index contributed by atoms with van der Waals surface area (Å²) in [6.07, 6.45) is 3.74. The number of nitrogens with zero attached hydrogens (tertiary/aromatic N) is 1. The zero-order chi connectivity index (χ0) is 11.5. The lowest BCUT2D eigenvalue weighted by Crippen LogP contribution is -2.27. The van der Waals surface area contributed by atoms with Crippen molar-refractivity contribution in [1.82, 2.24) is 0 Å². The van der Waals surface area contributed by atoms with Crippen LogP contribution in [0.5, 0.6) is 0 Å². The first-order chi connectivity index (χ1) is 7.76. The third kappa shape index (κ3) is 2.58. The Morgan fingerprint density at radius 1 is 1.44 bits per heavy atom. The SMILES string of the molecule is CCCN(c1ccc(Br)cc1CO)C1CC1. The molecule has 1 aliphatic rings. The van der Waals surface area contributed by atoms with Crippen LogP contribution in [0, 0.1) is 0 Å². The van der Waals surface area contributed by atoms with Gasteiger partial charge in [0.2, 0.25) is 0 Å². The first-order valence-corrected chi connectivity index (χ1v) is 6.71. The van der Waals surface area contributed by atoms with Gasteiger partial charge in [0.1, 0.15) is 0 Å². The fourth-order valence-corrected chi connectivity index (χ4v) is 2.50. The number of anilines is 1. The van der Waals surface area contributed by atoms with Gasteiger partial charge in [0.05, 0.1) is 6.61 Å². The molecule has 0 unspecified atom stereocenters. The molecule has 0 aliphatic heterocycles. The Kier molecular flexibility index (Phi) is 3.87. The summed E-state index contributed by atoms with van der Waals surface area (Å²) in [5.74, 6) is 0. The first kappa shape index (κ1) is 11.9. The Labute approximate surface area is 105 Å². The summed E-state index contributed by atoms with van der Waals surface area (Å²) in [5, 5.41) is 9.41. The molecule has 1 N–H and O–H groups in total. The summed E-state index contributed by atoms with van der Waals surface area (Å²) in [5.41, 5.74) is 2.23. The van der Waals surface area contributed by atoms with E-state index in [1.165, 1.54) is 18.5 Å². The van der Waals surface area contributed by atoms with Gasteiger partial charge in [-0.1, -0.05) is 22.9 Å². The molecule has 0 bridgehead atoms. The lowest BCUT2D eigenvalue weighted by molar-refractivity contribution is 0.282. The zero-order valence-electron chi connectivity index (χ0n) is 9.62. The number of hydrogen-bond acceptors (Lipinski definition) is 2. The van der Waals surface area contributed by atoms with E-state index in [0.29, 0.717) is 6.04 Å². The monoisotopic (exact) mass is 283 g/mol. The molecule has 0 aromatic heterocycles. The highest BCUT2D eigenvalue weighted by Crippen LogP contribution is 2.34.